The zero-order valence-corrected chi connectivity index (χ0v) is 11.7. The van der Waals surface area contributed by atoms with Crippen LogP contribution in [0.15, 0.2) is 36.7 Å². The van der Waals surface area contributed by atoms with E-state index >= 15 is 0 Å². The maximum absolute atomic E-state index is 12.6. The number of nitrogens with two attached hydrogens (primary N) is 1. The average molecular weight is 270 g/mol. The van der Waals surface area contributed by atoms with Gasteiger partial charge in [0.05, 0.1) is 0 Å². The van der Waals surface area contributed by atoms with Crippen LogP contribution < -0.4 is 10.6 Å². The standard InChI is InChI=1S/C15H18N4O/c1-3-12-9-11(10-14(16)18-12)15(20)19(4-2)13-5-7-17-8-6-13/h5-10H,3-4H2,1-2H3,(H2,16,18). The Morgan fingerprint density at radius 2 is 1.95 bits per heavy atom. The van der Waals surface area contributed by atoms with Crippen molar-refractivity contribution in [2.75, 3.05) is 17.2 Å². The number of nitrogen functional groups attached to an aromatic ring is 1. The summed E-state index contributed by atoms with van der Waals surface area (Å²) in [6, 6.07) is 7.03. The Kier molecular flexibility index (Phi) is 4.30. The molecule has 5 heteroatoms. The lowest BCUT2D eigenvalue weighted by Gasteiger charge is -2.21. The van der Waals surface area contributed by atoms with Crippen LogP contribution in [0, 0.1) is 0 Å². The third-order valence-electron chi connectivity index (χ3n) is 3.04. The van der Waals surface area contributed by atoms with Crippen molar-refractivity contribution in [3.05, 3.63) is 47.9 Å². The van der Waals surface area contributed by atoms with E-state index in [4.69, 9.17) is 5.73 Å². The van der Waals surface area contributed by atoms with Crippen LogP contribution in [0.1, 0.15) is 29.9 Å². The van der Waals surface area contributed by atoms with Crippen LogP contribution in [0.25, 0.3) is 0 Å². The molecule has 2 aromatic heterocycles. The first kappa shape index (κ1) is 14.0. The molecule has 5 nitrogen and oxygen atoms in total. The molecule has 0 aliphatic rings. The molecule has 0 atom stereocenters. The van der Waals surface area contributed by atoms with Gasteiger partial charge in [-0.25, -0.2) is 4.98 Å². The zero-order valence-electron chi connectivity index (χ0n) is 11.7. The molecule has 0 spiro atoms. The highest BCUT2D eigenvalue weighted by Gasteiger charge is 2.17. The summed E-state index contributed by atoms with van der Waals surface area (Å²) < 4.78 is 0. The van der Waals surface area contributed by atoms with Gasteiger partial charge in [0.2, 0.25) is 0 Å². The summed E-state index contributed by atoms with van der Waals surface area (Å²) >= 11 is 0. The van der Waals surface area contributed by atoms with Crippen molar-refractivity contribution >= 4 is 17.4 Å². The fourth-order valence-corrected chi connectivity index (χ4v) is 2.04. The molecule has 0 saturated carbocycles. The number of aryl methyl sites for hydroxylation is 1. The molecular weight excluding hydrogens is 252 g/mol. The van der Waals surface area contributed by atoms with Gasteiger partial charge in [0.25, 0.3) is 5.91 Å². The summed E-state index contributed by atoms with van der Waals surface area (Å²) in [7, 11) is 0. The Morgan fingerprint density at radius 1 is 1.25 bits per heavy atom. The van der Waals surface area contributed by atoms with Crippen molar-refractivity contribution in [2.24, 2.45) is 0 Å². The number of rotatable bonds is 4. The molecule has 2 aromatic rings. The summed E-state index contributed by atoms with van der Waals surface area (Å²) in [5, 5.41) is 0. The number of hydrogen-bond donors (Lipinski definition) is 1. The van der Waals surface area contributed by atoms with Gasteiger partial charge in [-0.05, 0) is 37.6 Å². The van der Waals surface area contributed by atoms with Crippen molar-refractivity contribution in [3.8, 4) is 0 Å². The summed E-state index contributed by atoms with van der Waals surface area (Å²) in [6.07, 6.45) is 4.08. The molecule has 2 rings (SSSR count). The van der Waals surface area contributed by atoms with Crippen LogP contribution in [0.3, 0.4) is 0 Å². The second kappa shape index (κ2) is 6.14. The summed E-state index contributed by atoms with van der Waals surface area (Å²) in [5.41, 5.74) is 7.96. The molecule has 0 fully saturated rings. The van der Waals surface area contributed by atoms with Gasteiger partial charge in [-0.1, -0.05) is 6.92 Å². The van der Waals surface area contributed by atoms with Crippen LogP contribution in [0.4, 0.5) is 11.5 Å². The highest BCUT2D eigenvalue weighted by atomic mass is 16.2. The molecule has 0 unspecified atom stereocenters. The monoisotopic (exact) mass is 270 g/mol. The fourth-order valence-electron chi connectivity index (χ4n) is 2.04. The minimum absolute atomic E-state index is 0.0810. The van der Waals surface area contributed by atoms with E-state index in [1.54, 1.807) is 29.4 Å². The van der Waals surface area contributed by atoms with Gasteiger partial charge >= 0.3 is 0 Å². The average Bonchev–Trinajstić information content (AvgIpc) is 2.48. The number of carbonyl (C=O) groups is 1. The van der Waals surface area contributed by atoms with E-state index in [-0.39, 0.29) is 5.91 Å². The van der Waals surface area contributed by atoms with Gasteiger partial charge in [-0.2, -0.15) is 0 Å². The largest absolute Gasteiger partial charge is 0.384 e. The van der Waals surface area contributed by atoms with E-state index in [2.05, 4.69) is 9.97 Å². The Balaban J connectivity index is 2.36. The van der Waals surface area contributed by atoms with Crippen molar-refractivity contribution in [1.29, 1.82) is 0 Å². The number of hydrogen-bond acceptors (Lipinski definition) is 4. The third kappa shape index (κ3) is 2.93. The Labute approximate surface area is 118 Å². The highest BCUT2D eigenvalue weighted by molar-refractivity contribution is 6.06. The summed E-state index contributed by atoms with van der Waals surface area (Å²) in [4.78, 5) is 22.5. The van der Waals surface area contributed by atoms with Crippen molar-refractivity contribution in [1.82, 2.24) is 9.97 Å². The molecule has 0 saturated heterocycles. The van der Waals surface area contributed by atoms with Crippen LogP contribution in [0.2, 0.25) is 0 Å². The second-order valence-corrected chi connectivity index (χ2v) is 4.38. The number of carbonyl (C=O) groups excluding carboxylic acids is 1. The Hall–Kier alpha value is -2.43. The van der Waals surface area contributed by atoms with Crippen LogP contribution in [-0.2, 0) is 6.42 Å². The van der Waals surface area contributed by atoms with Gasteiger partial charge in [-0.15, -0.1) is 0 Å². The Bertz CT molecular complexity index is 598. The second-order valence-electron chi connectivity index (χ2n) is 4.38. The zero-order chi connectivity index (χ0) is 14.5. The minimum Gasteiger partial charge on any atom is -0.384 e. The van der Waals surface area contributed by atoms with E-state index in [9.17, 15) is 4.79 Å². The maximum atomic E-state index is 12.6. The SMILES string of the molecule is CCc1cc(C(=O)N(CC)c2ccncc2)cc(N)n1. The lowest BCUT2D eigenvalue weighted by molar-refractivity contribution is 0.0988. The lowest BCUT2D eigenvalue weighted by atomic mass is 10.1. The minimum atomic E-state index is -0.0810. The van der Waals surface area contributed by atoms with Crippen molar-refractivity contribution in [2.45, 2.75) is 20.3 Å². The normalized spacial score (nSPS) is 10.3. The number of aromatic nitrogens is 2. The number of anilines is 2. The first-order valence-electron chi connectivity index (χ1n) is 6.64. The number of nitrogens with zero attached hydrogens (tertiary/aromatic N) is 3. The van der Waals surface area contributed by atoms with Gasteiger partial charge in [0.15, 0.2) is 0 Å². The molecule has 0 aliphatic heterocycles. The molecule has 0 radical (unpaired) electrons. The molecule has 104 valence electrons. The first-order chi connectivity index (χ1) is 9.65. The van der Waals surface area contributed by atoms with Crippen LogP contribution >= 0.6 is 0 Å². The van der Waals surface area contributed by atoms with Gasteiger partial charge in [-0.3, -0.25) is 9.78 Å². The smallest absolute Gasteiger partial charge is 0.258 e. The van der Waals surface area contributed by atoms with E-state index in [0.29, 0.717) is 17.9 Å². The molecule has 0 aliphatic carbocycles. The first-order valence-corrected chi connectivity index (χ1v) is 6.64. The molecule has 0 aromatic carbocycles. The van der Waals surface area contributed by atoms with E-state index < -0.39 is 0 Å². The summed E-state index contributed by atoms with van der Waals surface area (Å²) in [6.45, 7) is 4.49. The topological polar surface area (TPSA) is 72.1 Å². The Morgan fingerprint density at radius 3 is 2.55 bits per heavy atom. The quantitative estimate of drug-likeness (QED) is 0.925. The van der Waals surface area contributed by atoms with Crippen LogP contribution in [0.5, 0.6) is 0 Å². The van der Waals surface area contributed by atoms with E-state index in [1.807, 2.05) is 26.0 Å². The molecule has 20 heavy (non-hydrogen) atoms. The number of pyridine rings is 2. The van der Waals surface area contributed by atoms with Gasteiger partial charge in [0.1, 0.15) is 5.82 Å². The number of amides is 1. The van der Waals surface area contributed by atoms with Gasteiger partial charge < -0.3 is 10.6 Å². The fraction of sp³-hybridized carbons (Fsp3) is 0.267. The molecule has 0 bridgehead atoms. The molecular formula is C15H18N4O. The molecule has 2 N–H and O–H groups in total. The van der Waals surface area contributed by atoms with Crippen LogP contribution in [-0.4, -0.2) is 22.4 Å². The maximum Gasteiger partial charge on any atom is 0.258 e. The van der Waals surface area contributed by atoms with Gasteiger partial charge in [0, 0.05) is 35.9 Å². The predicted octanol–water partition coefficient (Wildman–Crippen LogP) is 2.29. The highest BCUT2D eigenvalue weighted by Crippen LogP contribution is 2.17. The molecule has 1 amide bonds. The lowest BCUT2D eigenvalue weighted by Crippen LogP contribution is -2.30. The predicted molar refractivity (Wildman–Crippen MR) is 79.6 cm³/mol. The van der Waals surface area contributed by atoms with Crippen molar-refractivity contribution < 1.29 is 4.79 Å². The third-order valence-corrected chi connectivity index (χ3v) is 3.04. The van der Waals surface area contributed by atoms with E-state index in [1.165, 1.54) is 0 Å². The van der Waals surface area contributed by atoms with Crippen molar-refractivity contribution in [3.63, 3.8) is 0 Å². The molecule has 2 heterocycles. The van der Waals surface area contributed by atoms with E-state index in [0.717, 1.165) is 17.8 Å². The summed E-state index contributed by atoms with van der Waals surface area (Å²) in [5.74, 6) is 0.293.